The molecule has 2 aromatic carbocycles. The van der Waals surface area contributed by atoms with Crippen molar-refractivity contribution in [1.82, 2.24) is 5.32 Å². The normalized spacial score (nSPS) is 12.2. The summed E-state index contributed by atoms with van der Waals surface area (Å²) >= 11 is 3.48. The Morgan fingerprint density at radius 2 is 2.00 bits per heavy atom. The maximum atomic E-state index is 13.4. The first-order chi connectivity index (χ1) is 10.0. The van der Waals surface area contributed by atoms with Gasteiger partial charge in [0.05, 0.1) is 7.11 Å². The van der Waals surface area contributed by atoms with Crippen LogP contribution >= 0.6 is 15.9 Å². The number of hydrogen-bond donors (Lipinski definition) is 1. The Morgan fingerprint density at radius 1 is 1.24 bits per heavy atom. The van der Waals surface area contributed by atoms with Crippen LogP contribution in [0.3, 0.4) is 0 Å². The molecule has 0 amide bonds. The van der Waals surface area contributed by atoms with Crippen LogP contribution in [0.2, 0.25) is 0 Å². The molecule has 0 bridgehead atoms. The van der Waals surface area contributed by atoms with Crippen LogP contribution in [0.15, 0.2) is 40.9 Å². The highest BCUT2D eigenvalue weighted by Crippen LogP contribution is 2.27. The van der Waals surface area contributed by atoms with Crippen LogP contribution in [0.4, 0.5) is 4.39 Å². The standard InChI is InChI=1S/C17H19BrFNO/c1-11-8-12(4-7-17(11)21-3)16(20-2)10-13-9-14(19)5-6-15(13)18/h4-9,16,20H,10H2,1-3H3. The quantitative estimate of drug-likeness (QED) is 0.861. The van der Waals surface area contributed by atoms with Gasteiger partial charge >= 0.3 is 0 Å². The Kier molecular flexibility index (Phi) is 5.37. The fraction of sp³-hybridized carbons (Fsp3) is 0.294. The van der Waals surface area contributed by atoms with Gasteiger partial charge in [-0.15, -0.1) is 0 Å². The molecule has 2 aromatic rings. The molecule has 21 heavy (non-hydrogen) atoms. The molecule has 112 valence electrons. The van der Waals surface area contributed by atoms with E-state index in [0.29, 0.717) is 6.42 Å². The van der Waals surface area contributed by atoms with Gasteiger partial charge in [-0.1, -0.05) is 28.1 Å². The number of nitrogens with one attached hydrogen (secondary N) is 1. The van der Waals surface area contributed by atoms with Gasteiger partial charge in [0.15, 0.2) is 0 Å². The third kappa shape index (κ3) is 3.83. The molecule has 0 aromatic heterocycles. The molecule has 0 aliphatic carbocycles. The lowest BCUT2D eigenvalue weighted by Crippen LogP contribution is -2.19. The van der Waals surface area contributed by atoms with E-state index < -0.39 is 0 Å². The zero-order valence-corrected chi connectivity index (χ0v) is 14.0. The second-order valence-electron chi connectivity index (χ2n) is 5.01. The summed E-state index contributed by atoms with van der Waals surface area (Å²) < 4.78 is 19.6. The Labute approximate surface area is 133 Å². The number of aryl methyl sites for hydroxylation is 1. The van der Waals surface area contributed by atoms with E-state index in [0.717, 1.165) is 26.9 Å². The summed E-state index contributed by atoms with van der Waals surface area (Å²) in [4.78, 5) is 0. The third-order valence-electron chi connectivity index (χ3n) is 3.60. The van der Waals surface area contributed by atoms with Crippen molar-refractivity contribution in [3.63, 3.8) is 0 Å². The Balaban J connectivity index is 2.27. The molecule has 1 atom stereocenters. The molecule has 0 aliphatic rings. The zero-order valence-electron chi connectivity index (χ0n) is 12.4. The van der Waals surface area contributed by atoms with Crippen molar-refractivity contribution in [2.75, 3.05) is 14.2 Å². The summed E-state index contributed by atoms with van der Waals surface area (Å²) in [6.45, 7) is 2.02. The highest BCUT2D eigenvalue weighted by atomic mass is 79.9. The smallest absolute Gasteiger partial charge is 0.123 e. The second-order valence-corrected chi connectivity index (χ2v) is 5.86. The average Bonchev–Trinajstić information content (AvgIpc) is 2.48. The molecule has 2 rings (SSSR count). The van der Waals surface area contributed by atoms with Crippen molar-refractivity contribution in [2.24, 2.45) is 0 Å². The number of rotatable bonds is 5. The van der Waals surface area contributed by atoms with Crippen molar-refractivity contribution in [3.8, 4) is 5.75 Å². The predicted molar refractivity (Wildman–Crippen MR) is 87.3 cm³/mol. The van der Waals surface area contributed by atoms with Crippen molar-refractivity contribution < 1.29 is 9.13 Å². The van der Waals surface area contributed by atoms with Gasteiger partial charge in [-0.2, -0.15) is 0 Å². The summed E-state index contributed by atoms with van der Waals surface area (Å²) in [5.41, 5.74) is 3.20. The fourth-order valence-corrected chi connectivity index (χ4v) is 2.83. The first-order valence-corrected chi connectivity index (χ1v) is 7.60. The van der Waals surface area contributed by atoms with Crippen LogP contribution < -0.4 is 10.1 Å². The minimum Gasteiger partial charge on any atom is -0.496 e. The van der Waals surface area contributed by atoms with Crippen molar-refractivity contribution in [2.45, 2.75) is 19.4 Å². The molecule has 0 heterocycles. The predicted octanol–water partition coefficient (Wildman–Crippen LogP) is 4.41. The number of hydrogen-bond acceptors (Lipinski definition) is 2. The lowest BCUT2D eigenvalue weighted by atomic mass is 9.97. The molecule has 0 fully saturated rings. The molecule has 0 radical (unpaired) electrons. The van der Waals surface area contributed by atoms with E-state index in [-0.39, 0.29) is 11.9 Å². The number of likely N-dealkylation sites (N-methyl/N-ethyl adjacent to an activating group) is 1. The molecule has 1 N–H and O–H groups in total. The Bertz CT molecular complexity index is 630. The highest BCUT2D eigenvalue weighted by molar-refractivity contribution is 9.10. The van der Waals surface area contributed by atoms with Crippen LogP contribution in [-0.4, -0.2) is 14.2 Å². The topological polar surface area (TPSA) is 21.3 Å². The SMILES string of the molecule is CNC(Cc1cc(F)ccc1Br)c1ccc(OC)c(C)c1. The van der Waals surface area contributed by atoms with Crippen molar-refractivity contribution >= 4 is 15.9 Å². The third-order valence-corrected chi connectivity index (χ3v) is 4.38. The number of halogens is 2. The van der Waals surface area contributed by atoms with E-state index in [4.69, 9.17) is 4.74 Å². The highest BCUT2D eigenvalue weighted by Gasteiger charge is 2.14. The van der Waals surface area contributed by atoms with Crippen LogP contribution in [-0.2, 0) is 6.42 Å². The first-order valence-electron chi connectivity index (χ1n) is 6.81. The van der Waals surface area contributed by atoms with Gasteiger partial charge in [-0.05, 0) is 61.3 Å². The molecule has 4 heteroatoms. The summed E-state index contributed by atoms with van der Waals surface area (Å²) in [6.07, 6.45) is 0.709. The Morgan fingerprint density at radius 3 is 2.62 bits per heavy atom. The summed E-state index contributed by atoms with van der Waals surface area (Å²) in [5, 5.41) is 3.29. The van der Waals surface area contributed by atoms with Gasteiger partial charge in [0.2, 0.25) is 0 Å². The average molecular weight is 352 g/mol. The van der Waals surface area contributed by atoms with E-state index in [9.17, 15) is 4.39 Å². The maximum absolute atomic E-state index is 13.4. The van der Waals surface area contributed by atoms with Gasteiger partial charge in [0, 0.05) is 10.5 Å². The van der Waals surface area contributed by atoms with E-state index in [1.54, 1.807) is 19.2 Å². The van der Waals surface area contributed by atoms with Gasteiger partial charge < -0.3 is 10.1 Å². The molecule has 0 saturated heterocycles. The number of ether oxygens (including phenoxy) is 1. The lowest BCUT2D eigenvalue weighted by molar-refractivity contribution is 0.411. The molecule has 2 nitrogen and oxygen atoms in total. The van der Waals surface area contributed by atoms with Crippen LogP contribution in [0.1, 0.15) is 22.7 Å². The minimum atomic E-state index is -0.214. The monoisotopic (exact) mass is 351 g/mol. The minimum absolute atomic E-state index is 0.118. The van der Waals surface area contributed by atoms with Crippen LogP contribution in [0.25, 0.3) is 0 Å². The lowest BCUT2D eigenvalue weighted by Gasteiger charge is -2.19. The van der Waals surface area contributed by atoms with Gasteiger partial charge in [0.1, 0.15) is 11.6 Å². The van der Waals surface area contributed by atoms with E-state index in [2.05, 4.69) is 27.3 Å². The fourth-order valence-electron chi connectivity index (χ4n) is 2.42. The maximum Gasteiger partial charge on any atom is 0.123 e. The van der Waals surface area contributed by atoms with E-state index in [1.807, 2.05) is 26.1 Å². The van der Waals surface area contributed by atoms with E-state index >= 15 is 0 Å². The summed E-state index contributed by atoms with van der Waals surface area (Å²) in [6, 6.07) is 11.0. The molecule has 1 unspecified atom stereocenters. The second kappa shape index (κ2) is 7.05. The molecule has 0 spiro atoms. The number of benzene rings is 2. The zero-order chi connectivity index (χ0) is 15.4. The van der Waals surface area contributed by atoms with Gasteiger partial charge in [0.25, 0.3) is 0 Å². The van der Waals surface area contributed by atoms with Crippen LogP contribution in [0.5, 0.6) is 5.75 Å². The van der Waals surface area contributed by atoms with Gasteiger partial charge in [-0.25, -0.2) is 4.39 Å². The van der Waals surface area contributed by atoms with Gasteiger partial charge in [-0.3, -0.25) is 0 Å². The largest absolute Gasteiger partial charge is 0.496 e. The van der Waals surface area contributed by atoms with Crippen molar-refractivity contribution in [1.29, 1.82) is 0 Å². The van der Waals surface area contributed by atoms with Crippen LogP contribution in [0, 0.1) is 12.7 Å². The molecular formula is C17H19BrFNO. The molecular weight excluding hydrogens is 333 g/mol. The first kappa shape index (κ1) is 16.0. The van der Waals surface area contributed by atoms with E-state index in [1.165, 1.54) is 6.07 Å². The number of methoxy groups -OCH3 is 1. The summed E-state index contributed by atoms with van der Waals surface area (Å²) in [7, 11) is 3.58. The molecule has 0 saturated carbocycles. The Hall–Kier alpha value is -1.39. The molecule has 0 aliphatic heterocycles. The van der Waals surface area contributed by atoms with Crippen molar-refractivity contribution in [3.05, 3.63) is 63.4 Å². The summed E-state index contributed by atoms with van der Waals surface area (Å²) in [5.74, 6) is 0.662.